The molecule has 1 amide bonds. The van der Waals surface area contributed by atoms with Gasteiger partial charge in [0.1, 0.15) is 5.60 Å². The van der Waals surface area contributed by atoms with Gasteiger partial charge in [0.15, 0.2) is 0 Å². The molecule has 1 saturated carbocycles. The first-order valence-electron chi connectivity index (χ1n) is 6.01. The van der Waals surface area contributed by atoms with E-state index in [2.05, 4.69) is 5.32 Å². The molecular weight excluding hydrogens is 206 g/mol. The molecule has 0 aliphatic heterocycles. The zero-order chi connectivity index (χ0) is 12.2. The normalized spacial score (nSPS) is 18.8. The lowest BCUT2D eigenvalue weighted by atomic mass is 9.81. The van der Waals surface area contributed by atoms with Crippen LogP contribution < -0.4 is 5.32 Å². The summed E-state index contributed by atoms with van der Waals surface area (Å²) in [6, 6.07) is -0.167. The monoisotopic (exact) mass is 229 g/mol. The molecule has 1 aliphatic carbocycles. The predicted octanol–water partition coefficient (Wildman–Crippen LogP) is 2.06. The average molecular weight is 229 g/mol. The van der Waals surface area contributed by atoms with Gasteiger partial charge in [-0.25, -0.2) is 4.79 Å². The maximum absolute atomic E-state index is 11.5. The van der Waals surface area contributed by atoms with Crippen LogP contribution in [0.25, 0.3) is 0 Å². The molecule has 16 heavy (non-hydrogen) atoms. The van der Waals surface area contributed by atoms with Crippen LogP contribution in [0.4, 0.5) is 4.79 Å². The van der Waals surface area contributed by atoms with E-state index >= 15 is 0 Å². The van der Waals surface area contributed by atoms with Gasteiger partial charge in [0.05, 0.1) is 12.6 Å². The number of aliphatic hydroxyl groups is 1. The second-order valence-corrected chi connectivity index (χ2v) is 5.56. The van der Waals surface area contributed by atoms with Crippen LogP contribution in [0.3, 0.4) is 0 Å². The van der Waals surface area contributed by atoms with Crippen molar-refractivity contribution in [3.8, 4) is 0 Å². The number of ether oxygens (including phenoxy) is 1. The third-order valence-corrected chi connectivity index (χ3v) is 2.78. The zero-order valence-corrected chi connectivity index (χ0v) is 10.5. The van der Waals surface area contributed by atoms with Gasteiger partial charge in [-0.3, -0.25) is 0 Å². The van der Waals surface area contributed by atoms with Crippen molar-refractivity contribution in [1.29, 1.82) is 0 Å². The van der Waals surface area contributed by atoms with Crippen LogP contribution in [-0.2, 0) is 4.74 Å². The smallest absolute Gasteiger partial charge is 0.407 e. The first-order valence-corrected chi connectivity index (χ1v) is 6.01. The number of alkyl carbamates (subject to hydrolysis) is 1. The van der Waals surface area contributed by atoms with Crippen LogP contribution in [0.1, 0.15) is 46.5 Å². The van der Waals surface area contributed by atoms with E-state index in [-0.39, 0.29) is 12.6 Å². The fraction of sp³-hybridized carbons (Fsp3) is 0.917. The Labute approximate surface area is 97.4 Å². The van der Waals surface area contributed by atoms with Crippen molar-refractivity contribution in [2.75, 3.05) is 6.61 Å². The van der Waals surface area contributed by atoms with Crippen molar-refractivity contribution in [1.82, 2.24) is 5.32 Å². The summed E-state index contributed by atoms with van der Waals surface area (Å²) < 4.78 is 5.14. The molecule has 1 rings (SSSR count). The van der Waals surface area contributed by atoms with E-state index in [1.807, 2.05) is 20.8 Å². The topological polar surface area (TPSA) is 58.6 Å². The summed E-state index contributed by atoms with van der Waals surface area (Å²) in [6.07, 6.45) is 4.12. The molecule has 0 aromatic carbocycles. The predicted molar refractivity (Wildman–Crippen MR) is 62.2 cm³/mol. The van der Waals surface area contributed by atoms with Gasteiger partial charge in [-0.05, 0) is 33.1 Å². The molecule has 4 heteroatoms. The van der Waals surface area contributed by atoms with Gasteiger partial charge >= 0.3 is 6.09 Å². The number of amides is 1. The number of aliphatic hydroxyl groups excluding tert-OH is 1. The minimum Gasteiger partial charge on any atom is -0.444 e. The Kier molecular flexibility index (Phi) is 4.59. The van der Waals surface area contributed by atoms with Crippen molar-refractivity contribution < 1.29 is 14.6 Å². The summed E-state index contributed by atoms with van der Waals surface area (Å²) in [5.74, 6) is 0.659. The van der Waals surface area contributed by atoms with Gasteiger partial charge < -0.3 is 15.2 Å². The average Bonchev–Trinajstić information content (AvgIpc) is 2.05. The van der Waals surface area contributed by atoms with Crippen molar-refractivity contribution in [2.24, 2.45) is 5.92 Å². The van der Waals surface area contributed by atoms with E-state index in [0.717, 1.165) is 6.42 Å². The molecule has 4 nitrogen and oxygen atoms in total. The Morgan fingerprint density at radius 3 is 2.50 bits per heavy atom. The molecule has 0 saturated heterocycles. The lowest BCUT2D eigenvalue weighted by Crippen LogP contribution is -2.42. The number of carbonyl (C=O) groups is 1. The Bertz CT molecular complexity index is 231. The van der Waals surface area contributed by atoms with Crippen molar-refractivity contribution >= 4 is 6.09 Å². The fourth-order valence-corrected chi connectivity index (χ4v) is 1.78. The van der Waals surface area contributed by atoms with Crippen LogP contribution in [-0.4, -0.2) is 29.4 Å². The highest BCUT2D eigenvalue weighted by Crippen LogP contribution is 2.30. The summed E-state index contributed by atoms with van der Waals surface area (Å²) in [4.78, 5) is 11.5. The summed E-state index contributed by atoms with van der Waals surface area (Å²) >= 11 is 0. The van der Waals surface area contributed by atoms with E-state index in [1.165, 1.54) is 19.3 Å². The van der Waals surface area contributed by atoms with E-state index in [4.69, 9.17) is 4.74 Å². The fourth-order valence-electron chi connectivity index (χ4n) is 1.78. The largest absolute Gasteiger partial charge is 0.444 e. The minimum absolute atomic E-state index is 0.0181. The van der Waals surface area contributed by atoms with Crippen molar-refractivity contribution in [3.63, 3.8) is 0 Å². The highest BCUT2D eigenvalue weighted by Gasteiger charge is 2.24. The SMILES string of the molecule is CC(C)(C)OC(=O)NC(CO)CC1CCC1. The standard InChI is InChI=1S/C12H23NO3/c1-12(2,3)16-11(15)13-10(8-14)7-9-5-4-6-9/h9-10,14H,4-8H2,1-3H3,(H,13,15). The molecule has 1 aliphatic rings. The van der Waals surface area contributed by atoms with Crippen molar-refractivity contribution in [2.45, 2.75) is 58.1 Å². The lowest BCUT2D eigenvalue weighted by Gasteiger charge is -2.30. The maximum atomic E-state index is 11.5. The number of hydrogen-bond donors (Lipinski definition) is 2. The van der Waals surface area contributed by atoms with Gasteiger partial charge in [-0.15, -0.1) is 0 Å². The number of carbonyl (C=O) groups excluding carboxylic acids is 1. The quantitative estimate of drug-likeness (QED) is 0.775. The molecule has 94 valence electrons. The molecule has 0 spiro atoms. The Morgan fingerprint density at radius 2 is 2.12 bits per heavy atom. The van der Waals surface area contributed by atoms with E-state index in [9.17, 15) is 9.90 Å². The van der Waals surface area contributed by atoms with Crippen LogP contribution in [0.2, 0.25) is 0 Å². The summed E-state index contributed by atoms with van der Waals surface area (Å²) in [6.45, 7) is 5.46. The third kappa shape index (κ3) is 4.84. The van der Waals surface area contributed by atoms with Gasteiger partial charge in [0.25, 0.3) is 0 Å². The highest BCUT2D eigenvalue weighted by atomic mass is 16.6. The molecule has 0 aromatic rings. The minimum atomic E-state index is -0.486. The van der Waals surface area contributed by atoms with Gasteiger partial charge in [0.2, 0.25) is 0 Å². The first-order chi connectivity index (χ1) is 7.40. The lowest BCUT2D eigenvalue weighted by molar-refractivity contribution is 0.0464. The van der Waals surface area contributed by atoms with Crippen molar-refractivity contribution in [3.05, 3.63) is 0 Å². The van der Waals surface area contributed by atoms with Gasteiger partial charge in [0, 0.05) is 0 Å². The van der Waals surface area contributed by atoms with E-state index < -0.39 is 11.7 Å². The summed E-state index contributed by atoms with van der Waals surface area (Å²) in [5, 5.41) is 11.9. The molecule has 0 radical (unpaired) electrons. The molecule has 1 fully saturated rings. The Balaban J connectivity index is 2.28. The van der Waals surface area contributed by atoms with E-state index in [1.54, 1.807) is 0 Å². The number of nitrogens with one attached hydrogen (secondary N) is 1. The van der Waals surface area contributed by atoms with Gasteiger partial charge in [-0.2, -0.15) is 0 Å². The molecule has 0 bridgehead atoms. The molecule has 0 aromatic heterocycles. The molecular formula is C12H23NO3. The molecule has 2 N–H and O–H groups in total. The zero-order valence-electron chi connectivity index (χ0n) is 10.5. The highest BCUT2D eigenvalue weighted by molar-refractivity contribution is 5.68. The number of rotatable bonds is 4. The molecule has 0 heterocycles. The molecule has 1 unspecified atom stereocenters. The van der Waals surface area contributed by atoms with E-state index in [0.29, 0.717) is 5.92 Å². The Morgan fingerprint density at radius 1 is 1.50 bits per heavy atom. The second-order valence-electron chi connectivity index (χ2n) is 5.56. The van der Waals surface area contributed by atoms with Gasteiger partial charge in [-0.1, -0.05) is 19.3 Å². The second kappa shape index (κ2) is 5.53. The molecule has 1 atom stereocenters. The summed E-state index contributed by atoms with van der Waals surface area (Å²) in [5.41, 5.74) is -0.486. The van der Waals surface area contributed by atoms with Crippen LogP contribution in [0, 0.1) is 5.92 Å². The first kappa shape index (κ1) is 13.3. The number of hydrogen-bond acceptors (Lipinski definition) is 3. The summed E-state index contributed by atoms with van der Waals surface area (Å²) in [7, 11) is 0. The maximum Gasteiger partial charge on any atom is 0.407 e. The Hall–Kier alpha value is -0.770. The van der Waals surface area contributed by atoms with Crippen LogP contribution in [0.5, 0.6) is 0 Å². The van der Waals surface area contributed by atoms with Crippen LogP contribution >= 0.6 is 0 Å². The van der Waals surface area contributed by atoms with Crippen LogP contribution in [0.15, 0.2) is 0 Å². The third-order valence-electron chi connectivity index (χ3n) is 2.78.